The molecule has 1 aliphatic heterocycles. The van der Waals surface area contributed by atoms with Crippen molar-refractivity contribution in [3.8, 4) is 11.3 Å². The third-order valence-electron chi connectivity index (χ3n) is 5.22. The molecule has 35 heavy (non-hydrogen) atoms. The van der Waals surface area contributed by atoms with Gasteiger partial charge in [-0.25, -0.2) is 14.4 Å². The molecule has 0 bridgehead atoms. The number of nitro groups is 1. The Morgan fingerprint density at radius 3 is 2.29 bits per heavy atom. The Bertz CT molecular complexity index is 1090. The van der Waals surface area contributed by atoms with E-state index in [9.17, 15) is 19.3 Å². The molecule has 0 saturated carbocycles. The third kappa shape index (κ3) is 7.82. The SMILES string of the molecule is CC.CNc1nc(-c2ccc(F)cc2)ccc1[N+](=O)[O-].NC1CCN(c2ccc(C=O)cn2)CC1. The van der Waals surface area contributed by atoms with Crippen LogP contribution in [0.5, 0.6) is 0 Å². The number of carbonyl (C=O) groups excluding carboxylic acids is 1. The first-order chi connectivity index (χ1) is 16.9. The predicted octanol–water partition coefficient (Wildman–Crippen LogP) is 4.69. The monoisotopic (exact) mass is 482 g/mol. The van der Waals surface area contributed by atoms with Gasteiger partial charge >= 0.3 is 5.69 Å². The van der Waals surface area contributed by atoms with E-state index in [0.717, 1.165) is 38.0 Å². The Balaban J connectivity index is 0.000000234. The molecule has 3 N–H and O–H groups in total. The van der Waals surface area contributed by atoms with Gasteiger partial charge in [-0.3, -0.25) is 14.9 Å². The zero-order valence-electron chi connectivity index (χ0n) is 20.1. The number of nitrogens with one attached hydrogen (secondary N) is 1. The highest BCUT2D eigenvalue weighted by molar-refractivity contribution is 5.74. The molecule has 0 unspecified atom stereocenters. The molecule has 0 aliphatic carbocycles. The topological polar surface area (TPSA) is 127 Å². The van der Waals surface area contributed by atoms with Crippen LogP contribution in [0.2, 0.25) is 0 Å². The molecule has 3 aromatic rings. The highest BCUT2D eigenvalue weighted by atomic mass is 19.1. The summed E-state index contributed by atoms with van der Waals surface area (Å²) in [5.74, 6) is 0.781. The number of nitrogens with zero attached hydrogens (tertiary/aromatic N) is 4. The van der Waals surface area contributed by atoms with Gasteiger partial charge in [-0.15, -0.1) is 0 Å². The summed E-state index contributed by atoms with van der Waals surface area (Å²) < 4.78 is 12.8. The van der Waals surface area contributed by atoms with Crippen LogP contribution < -0.4 is 16.0 Å². The second-order valence-electron chi connectivity index (χ2n) is 7.47. The molecule has 2 aromatic heterocycles. The van der Waals surface area contributed by atoms with E-state index in [0.29, 0.717) is 22.9 Å². The van der Waals surface area contributed by atoms with Gasteiger partial charge in [0.05, 0.1) is 10.6 Å². The van der Waals surface area contributed by atoms with Crippen molar-refractivity contribution in [2.45, 2.75) is 32.7 Å². The minimum atomic E-state index is -0.507. The first kappa shape index (κ1) is 27.3. The molecule has 1 aromatic carbocycles. The summed E-state index contributed by atoms with van der Waals surface area (Å²) in [6.45, 7) is 5.91. The Kier molecular flexibility index (Phi) is 10.7. The molecule has 3 heterocycles. The highest BCUT2D eigenvalue weighted by Gasteiger charge is 2.17. The van der Waals surface area contributed by atoms with Crippen LogP contribution in [0.25, 0.3) is 11.3 Å². The van der Waals surface area contributed by atoms with Crippen molar-refractivity contribution in [3.63, 3.8) is 0 Å². The van der Waals surface area contributed by atoms with Gasteiger partial charge in [-0.1, -0.05) is 13.8 Å². The molecule has 0 amide bonds. The first-order valence-corrected chi connectivity index (χ1v) is 11.4. The summed E-state index contributed by atoms with van der Waals surface area (Å²) in [6, 6.07) is 12.7. The normalized spacial score (nSPS) is 13.0. The van der Waals surface area contributed by atoms with Gasteiger partial charge in [-0.2, -0.15) is 0 Å². The number of hydrogen-bond acceptors (Lipinski definition) is 8. The van der Waals surface area contributed by atoms with Crippen molar-refractivity contribution in [1.29, 1.82) is 0 Å². The molecule has 0 atom stereocenters. The second kappa shape index (κ2) is 13.7. The Hall–Kier alpha value is -3.92. The number of anilines is 2. The lowest BCUT2D eigenvalue weighted by atomic mass is 10.1. The van der Waals surface area contributed by atoms with E-state index in [2.05, 4.69) is 20.2 Å². The van der Waals surface area contributed by atoms with Crippen molar-refractivity contribution in [2.24, 2.45) is 5.73 Å². The van der Waals surface area contributed by atoms with Gasteiger partial charge < -0.3 is 16.0 Å². The van der Waals surface area contributed by atoms with Gasteiger partial charge in [0.2, 0.25) is 5.82 Å². The van der Waals surface area contributed by atoms with Crippen molar-refractivity contribution in [3.05, 3.63) is 76.2 Å². The maximum atomic E-state index is 12.8. The fraction of sp³-hybridized carbons (Fsp3) is 0.320. The van der Waals surface area contributed by atoms with Gasteiger partial charge in [0.1, 0.15) is 11.6 Å². The zero-order chi connectivity index (χ0) is 25.8. The fourth-order valence-corrected chi connectivity index (χ4v) is 3.35. The molecule has 9 nitrogen and oxygen atoms in total. The van der Waals surface area contributed by atoms with Gasteiger partial charge in [0.25, 0.3) is 0 Å². The third-order valence-corrected chi connectivity index (χ3v) is 5.22. The molecule has 0 radical (unpaired) electrons. The zero-order valence-corrected chi connectivity index (χ0v) is 20.1. The number of halogens is 1. The Labute approximate surface area is 204 Å². The average molecular weight is 483 g/mol. The molecule has 0 spiro atoms. The van der Waals surface area contributed by atoms with E-state index in [-0.39, 0.29) is 17.3 Å². The molecule has 186 valence electrons. The van der Waals surface area contributed by atoms with E-state index in [1.807, 2.05) is 19.9 Å². The van der Waals surface area contributed by atoms with Crippen LogP contribution in [-0.4, -0.2) is 47.4 Å². The highest BCUT2D eigenvalue weighted by Crippen LogP contribution is 2.26. The van der Waals surface area contributed by atoms with Gasteiger partial charge in [0.15, 0.2) is 6.29 Å². The lowest BCUT2D eigenvalue weighted by Gasteiger charge is -2.30. The maximum Gasteiger partial charge on any atom is 0.311 e. The van der Waals surface area contributed by atoms with Gasteiger partial charge in [0, 0.05) is 49.6 Å². The molecular weight excluding hydrogens is 451 g/mol. The summed E-state index contributed by atoms with van der Waals surface area (Å²) in [6.07, 6.45) is 4.44. The molecule has 10 heteroatoms. The number of carbonyl (C=O) groups is 1. The van der Waals surface area contributed by atoms with Crippen molar-refractivity contribution in [1.82, 2.24) is 9.97 Å². The minimum absolute atomic E-state index is 0.0941. The van der Waals surface area contributed by atoms with Crippen LogP contribution >= 0.6 is 0 Å². The summed E-state index contributed by atoms with van der Waals surface area (Å²) in [5.41, 5.74) is 7.59. The number of hydrogen-bond donors (Lipinski definition) is 2. The second-order valence-corrected chi connectivity index (χ2v) is 7.47. The predicted molar refractivity (Wildman–Crippen MR) is 136 cm³/mol. The molecule has 1 aliphatic rings. The average Bonchev–Trinajstić information content (AvgIpc) is 2.90. The largest absolute Gasteiger partial charge is 0.367 e. The van der Waals surface area contributed by atoms with Crippen molar-refractivity contribution < 1.29 is 14.1 Å². The lowest BCUT2D eigenvalue weighted by molar-refractivity contribution is -0.384. The summed E-state index contributed by atoms with van der Waals surface area (Å²) >= 11 is 0. The van der Waals surface area contributed by atoms with E-state index in [4.69, 9.17) is 5.73 Å². The number of rotatable bonds is 5. The number of piperidine rings is 1. The standard InChI is InChI=1S/C12H10FN3O2.C11H15N3O.C2H6/c1-14-12-11(16(17)18)7-6-10(15-12)8-2-4-9(13)5-3-8;12-10-3-5-14(6-4-10)11-2-1-9(8-15)7-13-11;1-2/h2-7H,1H3,(H,14,15);1-2,7-8,10H,3-6,12H2;1-2H3. The van der Waals surface area contributed by atoms with Crippen LogP contribution in [0.3, 0.4) is 0 Å². The van der Waals surface area contributed by atoms with E-state index in [1.165, 1.54) is 24.3 Å². The van der Waals surface area contributed by atoms with Crippen molar-refractivity contribution in [2.75, 3.05) is 30.4 Å². The quantitative estimate of drug-likeness (QED) is 0.305. The number of aldehydes is 1. The number of nitrogens with two attached hydrogens (primary N) is 1. The fourth-order valence-electron chi connectivity index (χ4n) is 3.35. The Morgan fingerprint density at radius 2 is 1.77 bits per heavy atom. The molecule has 1 fully saturated rings. The van der Waals surface area contributed by atoms with Crippen LogP contribution in [0, 0.1) is 15.9 Å². The summed E-state index contributed by atoms with van der Waals surface area (Å²) in [5, 5.41) is 13.4. The van der Waals surface area contributed by atoms with Crippen LogP contribution in [-0.2, 0) is 0 Å². The van der Waals surface area contributed by atoms with E-state index < -0.39 is 4.92 Å². The number of benzene rings is 1. The summed E-state index contributed by atoms with van der Waals surface area (Å²) in [7, 11) is 1.56. The van der Waals surface area contributed by atoms with Gasteiger partial charge in [-0.05, 0) is 55.3 Å². The maximum absolute atomic E-state index is 12.8. The van der Waals surface area contributed by atoms with E-state index >= 15 is 0 Å². The summed E-state index contributed by atoms with van der Waals surface area (Å²) in [4.78, 5) is 31.3. The Morgan fingerprint density at radius 1 is 1.11 bits per heavy atom. The van der Waals surface area contributed by atoms with E-state index in [1.54, 1.807) is 31.4 Å². The smallest absolute Gasteiger partial charge is 0.311 e. The minimum Gasteiger partial charge on any atom is -0.367 e. The van der Waals surface area contributed by atoms with Crippen LogP contribution in [0.1, 0.15) is 37.0 Å². The van der Waals surface area contributed by atoms with Crippen molar-refractivity contribution >= 4 is 23.6 Å². The molecular formula is C25H31FN6O3. The first-order valence-electron chi connectivity index (χ1n) is 11.4. The molecule has 4 rings (SSSR count). The van der Waals surface area contributed by atoms with Crippen LogP contribution in [0.15, 0.2) is 54.7 Å². The lowest BCUT2D eigenvalue weighted by Crippen LogP contribution is -2.40. The molecule has 1 saturated heterocycles. The number of aromatic nitrogens is 2. The number of pyridine rings is 2. The van der Waals surface area contributed by atoms with Crippen LogP contribution in [0.4, 0.5) is 21.7 Å².